The average Bonchev–Trinajstić information content (AvgIpc) is 3.27. The Morgan fingerprint density at radius 3 is 2.35 bits per heavy atom. The van der Waals surface area contributed by atoms with E-state index in [9.17, 15) is 0 Å². The standard InChI is InChI=1S/C35H26ClN/c1-35-22-8-7-14-30(35)34-29(21-23-35)28-12-5-6-15-31(28)37(34)32-16-9-13-27(24-17-19-26(36)20-18-24)33(32)25-10-3-2-4-11-25/h2-23,30H,1H3. The summed E-state index contributed by atoms with van der Waals surface area (Å²) < 4.78 is 2.52. The monoisotopic (exact) mass is 495 g/mol. The number of allylic oxidation sites excluding steroid dienone is 5. The van der Waals surface area contributed by atoms with Gasteiger partial charge < -0.3 is 4.57 Å². The van der Waals surface area contributed by atoms with Gasteiger partial charge in [0.05, 0.1) is 11.2 Å². The molecule has 37 heavy (non-hydrogen) atoms. The van der Waals surface area contributed by atoms with Gasteiger partial charge in [-0.15, -0.1) is 0 Å². The normalized spacial score (nSPS) is 19.7. The summed E-state index contributed by atoms with van der Waals surface area (Å²) >= 11 is 6.27. The zero-order chi connectivity index (χ0) is 25.0. The van der Waals surface area contributed by atoms with Crippen LogP contribution in [-0.2, 0) is 0 Å². The van der Waals surface area contributed by atoms with Gasteiger partial charge >= 0.3 is 0 Å². The Hall–Kier alpha value is -4.07. The van der Waals surface area contributed by atoms with Crippen molar-refractivity contribution in [2.45, 2.75) is 12.8 Å². The van der Waals surface area contributed by atoms with Crippen molar-refractivity contribution in [1.82, 2.24) is 4.57 Å². The van der Waals surface area contributed by atoms with Crippen LogP contribution in [0.5, 0.6) is 0 Å². The molecule has 7 rings (SSSR count). The van der Waals surface area contributed by atoms with Crippen molar-refractivity contribution in [2.24, 2.45) is 5.41 Å². The molecule has 2 aliphatic carbocycles. The third-order valence-electron chi connectivity index (χ3n) is 7.90. The van der Waals surface area contributed by atoms with Gasteiger partial charge in [-0.3, -0.25) is 0 Å². The minimum Gasteiger partial charge on any atom is -0.312 e. The van der Waals surface area contributed by atoms with E-state index >= 15 is 0 Å². The van der Waals surface area contributed by atoms with Crippen LogP contribution in [0.15, 0.2) is 127 Å². The zero-order valence-electron chi connectivity index (χ0n) is 20.6. The molecular weight excluding hydrogens is 470 g/mol. The first-order chi connectivity index (χ1) is 18.1. The highest BCUT2D eigenvalue weighted by molar-refractivity contribution is 6.30. The number of hydrogen-bond acceptors (Lipinski definition) is 0. The van der Waals surface area contributed by atoms with Crippen LogP contribution in [0.2, 0.25) is 5.02 Å². The van der Waals surface area contributed by atoms with Crippen molar-refractivity contribution in [3.63, 3.8) is 0 Å². The van der Waals surface area contributed by atoms with E-state index in [1.54, 1.807) is 0 Å². The minimum absolute atomic E-state index is 0.0609. The summed E-state index contributed by atoms with van der Waals surface area (Å²) in [5.74, 6) is 0.243. The van der Waals surface area contributed by atoms with Crippen molar-refractivity contribution in [2.75, 3.05) is 0 Å². The number of rotatable bonds is 3. The van der Waals surface area contributed by atoms with Crippen LogP contribution in [-0.4, -0.2) is 4.57 Å². The lowest BCUT2D eigenvalue weighted by atomic mass is 9.69. The summed E-state index contributed by atoms with van der Waals surface area (Å²) in [6.45, 7) is 2.33. The average molecular weight is 496 g/mol. The molecule has 0 spiro atoms. The Balaban J connectivity index is 1.60. The number of hydrogen-bond donors (Lipinski definition) is 0. The van der Waals surface area contributed by atoms with E-state index in [1.165, 1.54) is 44.5 Å². The highest BCUT2D eigenvalue weighted by Crippen LogP contribution is 2.51. The van der Waals surface area contributed by atoms with Crippen LogP contribution in [0.1, 0.15) is 24.1 Å². The first-order valence-corrected chi connectivity index (χ1v) is 13.2. The molecule has 1 heterocycles. The van der Waals surface area contributed by atoms with Gasteiger partial charge in [0.1, 0.15) is 0 Å². The van der Waals surface area contributed by atoms with E-state index in [2.05, 4.69) is 133 Å². The Kier molecular flexibility index (Phi) is 5.09. The van der Waals surface area contributed by atoms with Gasteiger partial charge in [0, 0.05) is 38.6 Å². The lowest BCUT2D eigenvalue weighted by Crippen LogP contribution is -2.26. The molecule has 178 valence electrons. The molecular formula is C35H26ClN. The lowest BCUT2D eigenvalue weighted by molar-refractivity contribution is 0.468. The summed E-state index contributed by atoms with van der Waals surface area (Å²) in [6, 6.07) is 34.4. The third-order valence-corrected chi connectivity index (χ3v) is 8.15. The maximum atomic E-state index is 6.27. The Bertz CT molecular complexity index is 1730. The fourth-order valence-corrected chi connectivity index (χ4v) is 6.21. The van der Waals surface area contributed by atoms with E-state index in [4.69, 9.17) is 11.6 Å². The fraction of sp³-hybridized carbons (Fsp3) is 0.0857. The molecule has 0 saturated carbocycles. The predicted octanol–water partition coefficient (Wildman–Crippen LogP) is 9.86. The zero-order valence-corrected chi connectivity index (χ0v) is 21.4. The topological polar surface area (TPSA) is 4.93 Å². The van der Waals surface area contributed by atoms with Crippen LogP contribution in [0.3, 0.4) is 0 Å². The molecule has 1 aromatic heterocycles. The molecule has 2 atom stereocenters. The van der Waals surface area contributed by atoms with E-state index in [0.717, 1.165) is 10.6 Å². The lowest BCUT2D eigenvalue weighted by Gasteiger charge is -2.37. The molecule has 0 N–H and O–H groups in total. The third kappa shape index (κ3) is 3.46. The molecule has 0 radical (unpaired) electrons. The number of fused-ring (bicyclic) bond motifs is 5. The molecule has 1 nitrogen and oxygen atoms in total. The van der Waals surface area contributed by atoms with Gasteiger partial charge in [0.15, 0.2) is 0 Å². The van der Waals surface area contributed by atoms with E-state index in [1.807, 2.05) is 12.1 Å². The molecule has 0 bridgehead atoms. The first kappa shape index (κ1) is 22.2. The fourth-order valence-electron chi connectivity index (χ4n) is 6.09. The Morgan fingerprint density at radius 1 is 0.730 bits per heavy atom. The summed E-state index contributed by atoms with van der Waals surface area (Å²) in [4.78, 5) is 0. The number of aromatic nitrogens is 1. The van der Waals surface area contributed by atoms with Crippen molar-refractivity contribution in [1.29, 1.82) is 0 Å². The smallest absolute Gasteiger partial charge is 0.0543 e. The highest BCUT2D eigenvalue weighted by Gasteiger charge is 2.38. The summed E-state index contributed by atoms with van der Waals surface area (Å²) in [7, 11) is 0. The highest BCUT2D eigenvalue weighted by atomic mass is 35.5. The Labute approximate surface area is 222 Å². The molecule has 0 fully saturated rings. The summed E-state index contributed by atoms with van der Waals surface area (Å²) in [6.07, 6.45) is 13.8. The van der Waals surface area contributed by atoms with Gasteiger partial charge in [0.2, 0.25) is 0 Å². The van der Waals surface area contributed by atoms with Crippen LogP contribution in [0.25, 0.3) is 44.9 Å². The maximum absolute atomic E-state index is 6.27. The largest absolute Gasteiger partial charge is 0.312 e. The molecule has 4 aromatic carbocycles. The number of halogens is 1. The molecule has 5 aromatic rings. The SMILES string of the molecule is CC12C=CC=CC1c1c(c3ccccc3n1-c1cccc(-c3ccc(Cl)cc3)c1-c1ccccc1)C=C2. The van der Waals surface area contributed by atoms with Gasteiger partial charge in [-0.2, -0.15) is 0 Å². The second-order valence-electron chi connectivity index (χ2n) is 10.1. The van der Waals surface area contributed by atoms with Gasteiger partial charge in [-0.05, 0) is 41.0 Å². The summed E-state index contributed by atoms with van der Waals surface area (Å²) in [5, 5.41) is 2.03. The number of benzene rings is 4. The van der Waals surface area contributed by atoms with Crippen molar-refractivity contribution in [3.8, 4) is 27.9 Å². The molecule has 2 aliphatic rings. The van der Waals surface area contributed by atoms with Crippen LogP contribution in [0.4, 0.5) is 0 Å². The summed E-state index contributed by atoms with van der Waals surface area (Å²) in [5.41, 5.74) is 9.79. The second kappa shape index (κ2) is 8.50. The minimum atomic E-state index is -0.0609. The molecule has 2 unspecified atom stereocenters. The molecule has 0 saturated heterocycles. The van der Waals surface area contributed by atoms with Crippen LogP contribution in [0, 0.1) is 5.41 Å². The van der Waals surface area contributed by atoms with E-state index in [-0.39, 0.29) is 11.3 Å². The van der Waals surface area contributed by atoms with E-state index < -0.39 is 0 Å². The quantitative estimate of drug-likeness (QED) is 0.234. The molecule has 0 amide bonds. The first-order valence-electron chi connectivity index (χ1n) is 12.8. The second-order valence-corrected chi connectivity index (χ2v) is 10.6. The molecule has 2 heteroatoms. The van der Waals surface area contributed by atoms with Crippen molar-refractivity contribution >= 4 is 28.6 Å². The van der Waals surface area contributed by atoms with Gasteiger partial charge in [-0.1, -0.05) is 128 Å². The van der Waals surface area contributed by atoms with Gasteiger partial charge in [-0.25, -0.2) is 0 Å². The van der Waals surface area contributed by atoms with Crippen molar-refractivity contribution < 1.29 is 0 Å². The van der Waals surface area contributed by atoms with E-state index in [0.29, 0.717) is 0 Å². The number of nitrogens with zero attached hydrogens (tertiary/aromatic N) is 1. The number of para-hydroxylation sites is 1. The maximum Gasteiger partial charge on any atom is 0.0543 e. The van der Waals surface area contributed by atoms with Crippen molar-refractivity contribution in [3.05, 3.63) is 144 Å². The van der Waals surface area contributed by atoms with Crippen LogP contribution < -0.4 is 0 Å². The predicted molar refractivity (Wildman–Crippen MR) is 157 cm³/mol. The Morgan fingerprint density at radius 2 is 1.51 bits per heavy atom. The van der Waals surface area contributed by atoms with Gasteiger partial charge in [0.25, 0.3) is 0 Å². The van der Waals surface area contributed by atoms with Crippen LogP contribution >= 0.6 is 11.6 Å². The molecule has 0 aliphatic heterocycles.